The van der Waals surface area contributed by atoms with E-state index in [1.165, 1.54) is 0 Å². The molecule has 0 saturated carbocycles. The highest BCUT2D eigenvalue weighted by Gasteiger charge is 2.31. The summed E-state index contributed by atoms with van der Waals surface area (Å²) in [5.74, 6) is -0.362. The molecule has 1 aliphatic heterocycles. The van der Waals surface area contributed by atoms with Crippen LogP contribution in [0.2, 0.25) is 0 Å². The highest BCUT2D eigenvalue weighted by molar-refractivity contribution is 6.00. The molecule has 1 rings (SSSR count). The van der Waals surface area contributed by atoms with Gasteiger partial charge in [0.1, 0.15) is 0 Å². The van der Waals surface area contributed by atoms with E-state index in [1.807, 2.05) is 14.1 Å². The third-order valence-corrected chi connectivity index (χ3v) is 1.80. The van der Waals surface area contributed by atoms with E-state index < -0.39 is 12.1 Å². The second-order valence-electron chi connectivity index (χ2n) is 3.42. The number of nitrogens with one attached hydrogen (secondary N) is 2. The molecule has 0 aliphatic carbocycles. The van der Waals surface area contributed by atoms with Gasteiger partial charge in [-0.05, 0) is 6.92 Å². The van der Waals surface area contributed by atoms with E-state index in [9.17, 15) is 9.59 Å². The molecule has 2 unspecified atom stereocenters. The number of carbonyl (C=O) groups excluding carboxylic acids is 2. The fourth-order valence-electron chi connectivity index (χ4n) is 1.14. The highest BCUT2D eigenvalue weighted by Crippen LogP contribution is 2.03. The number of carbonyl (C=O) groups is 2. The van der Waals surface area contributed by atoms with Gasteiger partial charge in [-0.1, -0.05) is 0 Å². The second-order valence-corrected chi connectivity index (χ2v) is 3.42. The fourth-order valence-corrected chi connectivity index (χ4v) is 1.14. The Morgan fingerprint density at radius 3 is 2.57 bits per heavy atom. The fraction of sp³-hybridized carbons (Fsp3) is 0.625. The molecular weight excluding hydrogens is 184 g/mol. The van der Waals surface area contributed by atoms with Crippen LogP contribution < -0.4 is 10.6 Å². The Hall–Kier alpha value is -1.59. The molecule has 1 fully saturated rings. The number of nitrogens with zero attached hydrogens (tertiary/aromatic N) is 2. The number of rotatable bonds is 2. The lowest BCUT2D eigenvalue weighted by atomic mass is 10.1. The number of hydrogen-bond donors (Lipinski definition) is 2. The Bertz CT molecular complexity index is 275. The van der Waals surface area contributed by atoms with Gasteiger partial charge >= 0.3 is 6.03 Å². The summed E-state index contributed by atoms with van der Waals surface area (Å²) in [6, 6.07) is -1.28. The summed E-state index contributed by atoms with van der Waals surface area (Å²) in [7, 11) is 3.63. The van der Waals surface area contributed by atoms with Gasteiger partial charge in [0.2, 0.25) is 0 Å². The Labute approximate surface area is 82.4 Å². The van der Waals surface area contributed by atoms with Crippen LogP contribution in [0, 0.1) is 0 Å². The van der Waals surface area contributed by atoms with Gasteiger partial charge < -0.3 is 10.2 Å². The van der Waals surface area contributed by atoms with Gasteiger partial charge in [0.25, 0.3) is 5.91 Å². The van der Waals surface area contributed by atoms with Crippen molar-refractivity contribution in [3.05, 3.63) is 0 Å². The summed E-state index contributed by atoms with van der Waals surface area (Å²) >= 11 is 0. The molecule has 0 aromatic rings. The van der Waals surface area contributed by atoms with Crippen LogP contribution in [0.1, 0.15) is 6.92 Å². The monoisotopic (exact) mass is 198 g/mol. The summed E-state index contributed by atoms with van der Waals surface area (Å²) in [6.45, 7) is 1.74. The van der Waals surface area contributed by atoms with Crippen LogP contribution in [0.4, 0.5) is 4.79 Å². The van der Waals surface area contributed by atoms with E-state index >= 15 is 0 Å². The van der Waals surface area contributed by atoms with Gasteiger partial charge in [0, 0.05) is 14.1 Å². The zero-order valence-electron chi connectivity index (χ0n) is 8.44. The summed E-state index contributed by atoms with van der Waals surface area (Å²) < 4.78 is 0. The third-order valence-electron chi connectivity index (χ3n) is 1.80. The minimum Gasteiger partial charge on any atom is -0.369 e. The lowest BCUT2D eigenvalue weighted by Crippen LogP contribution is -2.59. The van der Waals surface area contributed by atoms with Crippen molar-refractivity contribution < 1.29 is 9.59 Å². The van der Waals surface area contributed by atoms with Crippen molar-refractivity contribution in [2.45, 2.75) is 19.0 Å². The number of hydrogen-bond acceptors (Lipinski definition) is 3. The maximum absolute atomic E-state index is 11.3. The average molecular weight is 198 g/mol. The first kappa shape index (κ1) is 10.5. The number of aliphatic imine (C=N–C) groups is 1. The zero-order valence-corrected chi connectivity index (χ0v) is 8.44. The maximum atomic E-state index is 11.3. The predicted molar refractivity (Wildman–Crippen MR) is 52.1 cm³/mol. The van der Waals surface area contributed by atoms with Crippen molar-refractivity contribution in [3.8, 4) is 0 Å². The van der Waals surface area contributed by atoms with Gasteiger partial charge in [-0.3, -0.25) is 15.1 Å². The first-order valence-electron chi connectivity index (χ1n) is 4.32. The van der Waals surface area contributed by atoms with Crippen LogP contribution in [-0.4, -0.2) is 49.4 Å². The van der Waals surface area contributed by atoms with Crippen molar-refractivity contribution in [3.63, 3.8) is 0 Å². The van der Waals surface area contributed by atoms with Crippen molar-refractivity contribution in [2.24, 2.45) is 4.99 Å². The first-order chi connectivity index (χ1) is 6.50. The van der Waals surface area contributed by atoms with Crippen LogP contribution in [-0.2, 0) is 4.79 Å². The molecule has 2 atom stereocenters. The molecule has 0 aromatic heterocycles. The van der Waals surface area contributed by atoms with E-state index in [0.29, 0.717) is 0 Å². The van der Waals surface area contributed by atoms with E-state index in [0.717, 1.165) is 0 Å². The van der Waals surface area contributed by atoms with Gasteiger partial charge in [-0.2, -0.15) is 0 Å². The molecule has 0 aromatic carbocycles. The van der Waals surface area contributed by atoms with Gasteiger partial charge in [0.15, 0.2) is 6.04 Å². The quantitative estimate of drug-likeness (QED) is 0.449. The molecule has 0 spiro atoms. The number of imide groups is 1. The molecule has 1 aliphatic rings. The van der Waals surface area contributed by atoms with Crippen LogP contribution in [0.15, 0.2) is 4.99 Å². The Balaban J connectivity index is 2.67. The van der Waals surface area contributed by atoms with Crippen LogP contribution in [0.3, 0.4) is 0 Å². The summed E-state index contributed by atoms with van der Waals surface area (Å²) in [5, 5.41) is 4.74. The minimum absolute atomic E-state index is 0.271. The van der Waals surface area contributed by atoms with Crippen molar-refractivity contribution >= 4 is 18.3 Å². The molecule has 6 nitrogen and oxygen atoms in total. The third kappa shape index (κ3) is 2.45. The first-order valence-corrected chi connectivity index (χ1v) is 4.32. The largest absolute Gasteiger partial charge is 0.369 e. The number of amides is 3. The van der Waals surface area contributed by atoms with Crippen LogP contribution in [0.25, 0.3) is 0 Å². The van der Waals surface area contributed by atoms with E-state index in [4.69, 9.17) is 0 Å². The van der Waals surface area contributed by atoms with E-state index in [-0.39, 0.29) is 11.9 Å². The Kier molecular flexibility index (Phi) is 3.06. The Morgan fingerprint density at radius 1 is 1.43 bits per heavy atom. The Morgan fingerprint density at radius 2 is 2.07 bits per heavy atom. The molecule has 2 N–H and O–H groups in total. The summed E-state index contributed by atoms with van der Waals surface area (Å²) in [6.07, 6.45) is 1.55. The molecule has 78 valence electrons. The molecule has 1 heterocycles. The molecule has 3 amide bonds. The minimum atomic E-state index is -0.546. The lowest BCUT2D eigenvalue weighted by molar-refractivity contribution is -0.122. The molecule has 14 heavy (non-hydrogen) atoms. The molecule has 6 heteroatoms. The zero-order chi connectivity index (χ0) is 10.7. The van der Waals surface area contributed by atoms with E-state index in [2.05, 4.69) is 15.6 Å². The molecule has 1 saturated heterocycles. The second kappa shape index (κ2) is 4.08. The number of urea groups is 1. The standard InChI is InChI=1S/C8H14N4O2/c1-5-6(9-4-12(2)3)7(13)11-8(14)10-5/h4-6H,1-3H3,(H2,10,11,13,14). The van der Waals surface area contributed by atoms with Crippen LogP contribution in [0.5, 0.6) is 0 Å². The lowest BCUT2D eigenvalue weighted by Gasteiger charge is -2.25. The topological polar surface area (TPSA) is 73.8 Å². The smallest absolute Gasteiger partial charge is 0.321 e. The normalized spacial score (nSPS) is 27.4. The van der Waals surface area contributed by atoms with Crippen molar-refractivity contribution in [1.82, 2.24) is 15.5 Å². The van der Waals surface area contributed by atoms with Crippen molar-refractivity contribution in [2.75, 3.05) is 14.1 Å². The van der Waals surface area contributed by atoms with Crippen molar-refractivity contribution in [1.29, 1.82) is 0 Å². The summed E-state index contributed by atoms with van der Waals surface area (Å²) in [5.41, 5.74) is 0. The molecule has 0 bridgehead atoms. The van der Waals surface area contributed by atoms with Crippen LogP contribution >= 0.6 is 0 Å². The summed E-state index contributed by atoms with van der Waals surface area (Å²) in [4.78, 5) is 28.0. The van der Waals surface area contributed by atoms with Gasteiger partial charge in [-0.25, -0.2) is 4.79 Å². The van der Waals surface area contributed by atoms with Gasteiger partial charge in [-0.15, -0.1) is 0 Å². The average Bonchev–Trinajstić information content (AvgIpc) is 2.01. The predicted octanol–water partition coefficient (Wildman–Crippen LogP) is -0.827. The molecular formula is C8H14N4O2. The highest BCUT2D eigenvalue weighted by atomic mass is 16.2. The molecule has 0 radical (unpaired) electrons. The van der Waals surface area contributed by atoms with Gasteiger partial charge in [0.05, 0.1) is 12.4 Å². The van der Waals surface area contributed by atoms with E-state index in [1.54, 1.807) is 18.2 Å². The maximum Gasteiger partial charge on any atom is 0.321 e. The SMILES string of the molecule is CC1NC(=O)NC(=O)C1N=CN(C)C.